The summed E-state index contributed by atoms with van der Waals surface area (Å²) >= 11 is 0.916. The van der Waals surface area contributed by atoms with E-state index >= 15 is 0 Å². The molecule has 8 nitrogen and oxygen atoms in total. The number of hydrogen-bond acceptors (Lipinski definition) is 7. The first-order valence-electron chi connectivity index (χ1n) is 11.3. The third kappa shape index (κ3) is 9.09. The van der Waals surface area contributed by atoms with E-state index in [1.807, 2.05) is 30.3 Å². The lowest BCUT2D eigenvalue weighted by Gasteiger charge is -2.26. The maximum atomic E-state index is 13.2. The van der Waals surface area contributed by atoms with Crippen LogP contribution in [0.4, 0.5) is 0 Å². The third-order valence-corrected chi connectivity index (χ3v) is 6.29. The average molecular weight is 501 g/mol. The number of aromatic hydroxyl groups is 1. The van der Waals surface area contributed by atoms with E-state index < -0.39 is 35.1 Å². The molecule has 0 saturated heterocycles. The number of amides is 2. The van der Waals surface area contributed by atoms with E-state index in [-0.39, 0.29) is 23.2 Å². The van der Waals surface area contributed by atoms with Crippen molar-refractivity contribution < 1.29 is 29.0 Å². The van der Waals surface area contributed by atoms with E-state index in [0.29, 0.717) is 12.0 Å². The molecule has 0 aliphatic rings. The predicted octanol–water partition coefficient (Wildman–Crippen LogP) is 2.62. The van der Waals surface area contributed by atoms with Gasteiger partial charge in [0, 0.05) is 13.3 Å². The quantitative estimate of drug-likeness (QED) is 0.406. The first-order valence-corrected chi connectivity index (χ1v) is 12.2. The summed E-state index contributed by atoms with van der Waals surface area (Å²) in [5, 5.41) is 14.0. The summed E-state index contributed by atoms with van der Waals surface area (Å²) in [7, 11) is 1.23. The van der Waals surface area contributed by atoms with Crippen LogP contribution in [0.1, 0.15) is 31.9 Å². The maximum absolute atomic E-state index is 13.2. The van der Waals surface area contributed by atoms with Gasteiger partial charge in [0.05, 0.1) is 12.4 Å². The van der Waals surface area contributed by atoms with E-state index in [0.717, 1.165) is 17.3 Å². The minimum atomic E-state index is -0.984. The Hall–Kier alpha value is -3.33. The average Bonchev–Trinajstić information content (AvgIpc) is 2.82. The summed E-state index contributed by atoms with van der Waals surface area (Å²) in [6.45, 7) is 4.96. The number of rotatable bonds is 11. The molecule has 0 aliphatic heterocycles. The predicted molar refractivity (Wildman–Crippen MR) is 135 cm³/mol. The largest absolute Gasteiger partial charge is 0.508 e. The lowest BCUT2D eigenvalue weighted by atomic mass is 10.0. The topological polar surface area (TPSA) is 122 Å². The van der Waals surface area contributed by atoms with Crippen molar-refractivity contribution in [3.05, 3.63) is 65.7 Å². The molecule has 2 aromatic rings. The van der Waals surface area contributed by atoms with Crippen LogP contribution < -0.4 is 10.6 Å². The second-order valence-corrected chi connectivity index (χ2v) is 9.85. The Balaban J connectivity index is 2.15. The molecule has 9 heteroatoms. The van der Waals surface area contributed by atoms with Gasteiger partial charge in [0.25, 0.3) is 0 Å². The lowest BCUT2D eigenvalue weighted by Crippen LogP contribution is -2.55. The number of benzene rings is 2. The van der Waals surface area contributed by atoms with Crippen LogP contribution in [0.2, 0.25) is 0 Å². The van der Waals surface area contributed by atoms with Gasteiger partial charge in [-0.05, 0) is 35.6 Å². The van der Waals surface area contributed by atoms with Crippen molar-refractivity contribution in [3.8, 4) is 5.75 Å². The summed E-state index contributed by atoms with van der Waals surface area (Å²) in [5.74, 6) is -1.80. The molecular formula is C26H32N2O6S. The van der Waals surface area contributed by atoms with Crippen LogP contribution in [0.15, 0.2) is 54.6 Å². The van der Waals surface area contributed by atoms with Gasteiger partial charge < -0.3 is 20.5 Å². The zero-order valence-corrected chi connectivity index (χ0v) is 21.1. The highest BCUT2D eigenvalue weighted by Gasteiger charge is 2.32. The number of phenolic OH excluding ortho intramolecular Hbond substituents is 1. The van der Waals surface area contributed by atoms with Gasteiger partial charge in [0.1, 0.15) is 17.8 Å². The highest BCUT2D eigenvalue weighted by atomic mass is 32.2. The van der Waals surface area contributed by atoms with E-state index in [1.165, 1.54) is 26.2 Å². The lowest BCUT2D eigenvalue weighted by molar-refractivity contribution is -0.145. The summed E-state index contributed by atoms with van der Waals surface area (Å²) in [6.07, 6.45) is 0.475. The first-order chi connectivity index (χ1) is 16.6. The van der Waals surface area contributed by atoms with E-state index in [2.05, 4.69) is 10.6 Å². The smallest absolute Gasteiger partial charge is 0.328 e. The Kier molecular flexibility index (Phi) is 10.8. The van der Waals surface area contributed by atoms with Crippen LogP contribution in [0.3, 0.4) is 0 Å². The number of nitrogens with one attached hydrogen (secondary N) is 2. The highest BCUT2D eigenvalue weighted by molar-refractivity contribution is 8.14. The van der Waals surface area contributed by atoms with Gasteiger partial charge in [0.15, 0.2) is 5.12 Å². The first kappa shape index (κ1) is 27.9. The molecule has 2 rings (SSSR count). The van der Waals surface area contributed by atoms with Crippen molar-refractivity contribution in [2.45, 2.75) is 50.9 Å². The fraction of sp³-hybridized carbons (Fsp3) is 0.385. The normalized spacial score (nSPS) is 13.4. The zero-order chi connectivity index (χ0) is 26.0. The van der Waals surface area contributed by atoms with Gasteiger partial charge in [0.2, 0.25) is 11.8 Å². The van der Waals surface area contributed by atoms with E-state index in [1.54, 1.807) is 26.0 Å². The molecule has 0 saturated carbocycles. The highest BCUT2D eigenvalue weighted by Crippen LogP contribution is 2.19. The molecule has 0 spiro atoms. The Morgan fingerprint density at radius 1 is 0.886 bits per heavy atom. The standard InChI is InChI=1S/C26H32N2O6S/c1-16(2)23(28-24(31)22(35-17(3)29)15-18-8-6-5-7-9-18)25(32)27-21(26(33)34-4)14-19-10-12-20(30)13-11-19/h5-13,16,21-23,30H,14-15H2,1-4H3,(H,27,32)(H,28,31)/t21-,22?,23-/m0/s1. The molecular weight excluding hydrogens is 468 g/mol. The Bertz CT molecular complexity index is 1010. The van der Waals surface area contributed by atoms with Crippen LogP contribution >= 0.6 is 11.8 Å². The Morgan fingerprint density at radius 3 is 2.03 bits per heavy atom. The summed E-state index contributed by atoms with van der Waals surface area (Å²) in [5.41, 5.74) is 1.61. The number of hydrogen-bond donors (Lipinski definition) is 3. The molecule has 0 aliphatic carbocycles. The van der Waals surface area contributed by atoms with Crippen molar-refractivity contribution in [2.24, 2.45) is 5.92 Å². The molecule has 0 bridgehead atoms. The van der Waals surface area contributed by atoms with Gasteiger partial charge in [-0.25, -0.2) is 4.79 Å². The zero-order valence-electron chi connectivity index (χ0n) is 20.3. The van der Waals surface area contributed by atoms with Gasteiger partial charge >= 0.3 is 5.97 Å². The van der Waals surface area contributed by atoms with Crippen LogP contribution in [-0.4, -0.2) is 52.4 Å². The Morgan fingerprint density at radius 2 is 1.49 bits per heavy atom. The number of thioether (sulfide) groups is 1. The second-order valence-electron chi connectivity index (χ2n) is 8.47. The van der Waals surface area contributed by atoms with Gasteiger partial charge in [-0.2, -0.15) is 0 Å². The number of carbonyl (C=O) groups excluding carboxylic acids is 4. The van der Waals surface area contributed by atoms with Crippen LogP contribution in [0, 0.1) is 5.92 Å². The van der Waals surface area contributed by atoms with Gasteiger partial charge in [-0.15, -0.1) is 0 Å². The summed E-state index contributed by atoms with van der Waals surface area (Å²) in [6, 6.07) is 13.7. The van der Waals surface area contributed by atoms with Gasteiger partial charge in [-0.3, -0.25) is 14.4 Å². The minimum Gasteiger partial charge on any atom is -0.508 e. The molecule has 0 aromatic heterocycles. The molecule has 3 atom stereocenters. The SMILES string of the molecule is COC(=O)[C@H](Cc1ccc(O)cc1)NC(=O)[C@@H](NC(=O)C(Cc1ccccc1)SC(C)=O)C(C)C. The van der Waals surface area contributed by atoms with Crippen LogP contribution in [0.5, 0.6) is 5.75 Å². The van der Waals surface area contributed by atoms with E-state index in [4.69, 9.17) is 4.74 Å². The number of esters is 1. The molecule has 2 aromatic carbocycles. The van der Waals surface area contributed by atoms with Crippen LogP contribution in [-0.2, 0) is 36.8 Å². The monoisotopic (exact) mass is 500 g/mol. The molecule has 1 unspecified atom stereocenters. The van der Waals surface area contributed by atoms with Gasteiger partial charge in [-0.1, -0.05) is 68.1 Å². The van der Waals surface area contributed by atoms with Crippen molar-refractivity contribution >= 4 is 34.7 Å². The number of methoxy groups -OCH3 is 1. The number of ether oxygens (including phenoxy) is 1. The molecule has 0 radical (unpaired) electrons. The molecule has 0 fully saturated rings. The summed E-state index contributed by atoms with van der Waals surface area (Å²) < 4.78 is 4.85. The maximum Gasteiger partial charge on any atom is 0.328 e. The van der Waals surface area contributed by atoms with E-state index in [9.17, 15) is 24.3 Å². The molecule has 188 valence electrons. The molecule has 35 heavy (non-hydrogen) atoms. The Labute approximate surface area is 209 Å². The second kappa shape index (κ2) is 13.5. The fourth-order valence-electron chi connectivity index (χ4n) is 3.46. The summed E-state index contributed by atoms with van der Waals surface area (Å²) in [4.78, 5) is 50.4. The fourth-order valence-corrected chi connectivity index (χ4v) is 4.31. The minimum absolute atomic E-state index is 0.0866. The van der Waals surface area contributed by atoms with Crippen molar-refractivity contribution in [1.29, 1.82) is 0 Å². The number of carbonyl (C=O) groups is 4. The van der Waals surface area contributed by atoms with Crippen molar-refractivity contribution in [2.75, 3.05) is 7.11 Å². The molecule has 3 N–H and O–H groups in total. The van der Waals surface area contributed by atoms with Crippen LogP contribution in [0.25, 0.3) is 0 Å². The molecule has 0 heterocycles. The van der Waals surface area contributed by atoms with Crippen molar-refractivity contribution in [3.63, 3.8) is 0 Å². The molecule has 2 amide bonds. The van der Waals surface area contributed by atoms with Crippen molar-refractivity contribution in [1.82, 2.24) is 10.6 Å². The number of phenols is 1. The third-order valence-electron chi connectivity index (χ3n) is 5.29.